The third kappa shape index (κ3) is 6.74. The number of carbonyl (C=O) groups is 2. The molecule has 2 aliphatic heterocycles. The smallest absolute Gasteiger partial charge is 0.416 e. The topological polar surface area (TPSA) is 73.9 Å². The van der Waals surface area contributed by atoms with Gasteiger partial charge in [0.25, 0.3) is 5.91 Å². The summed E-state index contributed by atoms with van der Waals surface area (Å²) in [5.41, 5.74) is 1.39. The Labute approximate surface area is 215 Å². The number of aryl methyl sites for hydroxylation is 1. The number of amides is 2. The van der Waals surface area contributed by atoms with Gasteiger partial charge in [0.15, 0.2) is 0 Å². The van der Waals surface area contributed by atoms with Gasteiger partial charge in [-0.3, -0.25) is 14.5 Å². The molecule has 2 heterocycles. The van der Waals surface area contributed by atoms with Crippen molar-refractivity contribution in [2.24, 2.45) is 0 Å². The fraction of sp³-hybridized carbons (Fsp3) is 0.481. The second-order valence-electron chi connectivity index (χ2n) is 9.68. The third-order valence-electron chi connectivity index (χ3n) is 7.17. The number of nitrogens with one attached hydrogen (secondary N) is 2. The van der Waals surface area contributed by atoms with Crippen LogP contribution in [0.1, 0.15) is 40.7 Å². The maximum Gasteiger partial charge on any atom is 0.416 e. The minimum absolute atomic E-state index is 0.0141. The molecule has 1 atom stereocenters. The Bertz CT molecular complexity index is 1120. The Morgan fingerprint density at radius 3 is 2.49 bits per heavy atom. The number of anilines is 1. The summed E-state index contributed by atoms with van der Waals surface area (Å²) in [5, 5.41) is 5.36. The molecule has 1 unspecified atom stereocenters. The van der Waals surface area contributed by atoms with Gasteiger partial charge in [-0.2, -0.15) is 13.2 Å². The van der Waals surface area contributed by atoms with Crippen LogP contribution in [0.5, 0.6) is 5.75 Å². The van der Waals surface area contributed by atoms with Crippen LogP contribution in [0.4, 0.5) is 18.9 Å². The molecule has 2 aromatic rings. The van der Waals surface area contributed by atoms with Gasteiger partial charge in [0, 0.05) is 49.5 Å². The molecule has 0 aliphatic carbocycles. The number of methoxy groups -OCH3 is 1. The van der Waals surface area contributed by atoms with Crippen LogP contribution in [0.3, 0.4) is 0 Å². The number of hydrogen-bond acceptors (Lipinski definition) is 5. The molecule has 0 bridgehead atoms. The van der Waals surface area contributed by atoms with E-state index >= 15 is 0 Å². The molecule has 0 spiro atoms. The molecule has 200 valence electrons. The largest absolute Gasteiger partial charge is 0.497 e. The lowest BCUT2D eigenvalue weighted by Gasteiger charge is -2.38. The highest BCUT2D eigenvalue weighted by atomic mass is 19.4. The highest BCUT2D eigenvalue weighted by Gasteiger charge is 2.32. The van der Waals surface area contributed by atoms with Gasteiger partial charge in [-0.15, -0.1) is 0 Å². The summed E-state index contributed by atoms with van der Waals surface area (Å²) >= 11 is 0. The molecular formula is C27H33F3N4O3. The summed E-state index contributed by atoms with van der Waals surface area (Å²) < 4.78 is 43.9. The number of halogens is 3. The quantitative estimate of drug-likeness (QED) is 0.586. The van der Waals surface area contributed by atoms with Crippen LogP contribution < -0.4 is 20.3 Å². The highest BCUT2D eigenvalue weighted by molar-refractivity contribution is 5.96. The summed E-state index contributed by atoms with van der Waals surface area (Å²) in [6.45, 7) is 5.39. The molecule has 0 radical (unpaired) electrons. The van der Waals surface area contributed by atoms with Crippen molar-refractivity contribution in [1.82, 2.24) is 15.5 Å². The van der Waals surface area contributed by atoms with E-state index in [1.54, 1.807) is 7.11 Å². The van der Waals surface area contributed by atoms with Gasteiger partial charge in [0.1, 0.15) is 5.75 Å². The van der Waals surface area contributed by atoms with Crippen LogP contribution in [0, 0.1) is 6.92 Å². The van der Waals surface area contributed by atoms with Crippen LogP contribution in [-0.4, -0.2) is 68.6 Å². The zero-order valence-electron chi connectivity index (χ0n) is 21.1. The average molecular weight is 519 g/mol. The van der Waals surface area contributed by atoms with Crippen molar-refractivity contribution in [1.29, 1.82) is 0 Å². The zero-order chi connectivity index (χ0) is 26.6. The van der Waals surface area contributed by atoms with Gasteiger partial charge in [0.05, 0.1) is 19.2 Å². The van der Waals surface area contributed by atoms with Crippen LogP contribution in [0.2, 0.25) is 0 Å². The number of benzene rings is 2. The molecule has 2 aromatic carbocycles. The minimum Gasteiger partial charge on any atom is -0.497 e. The van der Waals surface area contributed by atoms with Crippen molar-refractivity contribution in [3.05, 3.63) is 59.2 Å². The van der Waals surface area contributed by atoms with E-state index < -0.39 is 17.6 Å². The number of hydrogen-bond donors (Lipinski definition) is 2. The average Bonchev–Trinajstić information content (AvgIpc) is 3.35. The SMILES string of the molecule is COc1ccc(N2CCC(N3CCC(NC(=O)CNC(=O)c4cccc(C(F)(F)F)c4)C3)CC2)c(C)c1. The molecule has 37 heavy (non-hydrogen) atoms. The van der Waals surface area contributed by atoms with Crippen molar-refractivity contribution in [2.75, 3.05) is 44.7 Å². The van der Waals surface area contributed by atoms with Crippen LogP contribution in [-0.2, 0) is 11.0 Å². The van der Waals surface area contributed by atoms with Gasteiger partial charge in [0.2, 0.25) is 5.91 Å². The summed E-state index contributed by atoms with van der Waals surface area (Å²) in [6, 6.07) is 10.7. The van der Waals surface area contributed by atoms with Gasteiger partial charge in [-0.1, -0.05) is 6.07 Å². The third-order valence-corrected chi connectivity index (χ3v) is 7.17. The van der Waals surface area contributed by atoms with Crippen molar-refractivity contribution < 1.29 is 27.5 Å². The van der Waals surface area contributed by atoms with E-state index in [2.05, 4.69) is 39.5 Å². The molecule has 2 saturated heterocycles. The monoisotopic (exact) mass is 518 g/mol. The fourth-order valence-corrected chi connectivity index (χ4v) is 5.20. The van der Waals surface area contributed by atoms with E-state index in [0.717, 1.165) is 63.3 Å². The number of ether oxygens (including phenoxy) is 1. The lowest BCUT2D eigenvalue weighted by atomic mass is 10.0. The van der Waals surface area contributed by atoms with Crippen molar-refractivity contribution >= 4 is 17.5 Å². The molecule has 7 nitrogen and oxygen atoms in total. The second-order valence-corrected chi connectivity index (χ2v) is 9.68. The number of rotatable bonds is 7. The predicted molar refractivity (Wildman–Crippen MR) is 135 cm³/mol. The van der Waals surface area contributed by atoms with Crippen molar-refractivity contribution in [3.63, 3.8) is 0 Å². The molecule has 2 N–H and O–H groups in total. The summed E-state index contributed by atoms with van der Waals surface area (Å²) in [5.74, 6) is -0.207. The molecule has 0 aromatic heterocycles. The Balaban J connectivity index is 1.20. The van der Waals surface area contributed by atoms with Crippen molar-refractivity contribution in [2.45, 2.75) is 44.4 Å². The van der Waals surface area contributed by atoms with Crippen LogP contribution in [0.25, 0.3) is 0 Å². The number of nitrogens with zero attached hydrogens (tertiary/aromatic N) is 2. The van der Waals surface area contributed by atoms with Crippen molar-refractivity contribution in [3.8, 4) is 5.75 Å². The van der Waals surface area contributed by atoms with E-state index in [0.29, 0.717) is 6.04 Å². The predicted octanol–water partition coefficient (Wildman–Crippen LogP) is 3.61. The maximum absolute atomic E-state index is 12.9. The normalized spacial score (nSPS) is 19.1. The first-order valence-corrected chi connectivity index (χ1v) is 12.5. The first kappa shape index (κ1) is 26.8. The lowest BCUT2D eigenvalue weighted by molar-refractivity contribution is -0.137. The first-order chi connectivity index (χ1) is 17.6. The molecule has 0 saturated carbocycles. The molecule has 2 amide bonds. The highest BCUT2D eigenvalue weighted by Crippen LogP contribution is 2.30. The zero-order valence-corrected chi connectivity index (χ0v) is 21.1. The maximum atomic E-state index is 12.9. The standard InChI is InChI=1S/C27H33F3N4O3/c1-18-14-23(37-2)6-7-24(18)33-12-9-22(10-13-33)34-11-8-21(17-34)32-25(35)16-31-26(36)19-4-3-5-20(15-19)27(28,29)30/h3-7,14-15,21-22H,8-13,16-17H2,1-2H3,(H,31,36)(H,32,35). The van der Waals surface area contributed by atoms with E-state index in [-0.39, 0.29) is 24.1 Å². The fourth-order valence-electron chi connectivity index (χ4n) is 5.20. The number of alkyl halides is 3. The first-order valence-electron chi connectivity index (χ1n) is 12.5. The summed E-state index contributed by atoms with van der Waals surface area (Å²) in [4.78, 5) is 29.4. The second kappa shape index (κ2) is 11.4. The molecule has 2 aliphatic rings. The number of carbonyl (C=O) groups excluding carboxylic acids is 2. The Kier molecular flexibility index (Phi) is 8.26. The minimum atomic E-state index is -4.53. The van der Waals surface area contributed by atoms with E-state index in [1.807, 2.05) is 6.07 Å². The summed E-state index contributed by atoms with van der Waals surface area (Å²) in [7, 11) is 1.67. The van der Waals surface area contributed by atoms with Gasteiger partial charge >= 0.3 is 6.18 Å². The Hall–Kier alpha value is -3.27. The summed E-state index contributed by atoms with van der Waals surface area (Å²) in [6.07, 6.45) is -1.63. The molecule has 4 rings (SSSR count). The molecule has 10 heteroatoms. The van der Waals surface area contributed by atoms with Gasteiger partial charge in [-0.25, -0.2) is 0 Å². The van der Waals surface area contributed by atoms with Crippen LogP contribution in [0.15, 0.2) is 42.5 Å². The van der Waals surface area contributed by atoms with Gasteiger partial charge in [-0.05, 0) is 68.1 Å². The van der Waals surface area contributed by atoms with Gasteiger partial charge < -0.3 is 20.3 Å². The van der Waals surface area contributed by atoms with E-state index in [9.17, 15) is 22.8 Å². The molecule has 2 fully saturated rings. The van der Waals surface area contributed by atoms with E-state index in [4.69, 9.17) is 4.74 Å². The Morgan fingerprint density at radius 2 is 1.81 bits per heavy atom. The number of likely N-dealkylation sites (tertiary alicyclic amines) is 1. The van der Waals surface area contributed by atoms with E-state index in [1.165, 1.54) is 23.4 Å². The molecular weight excluding hydrogens is 485 g/mol. The lowest BCUT2D eigenvalue weighted by Crippen LogP contribution is -2.46. The number of piperidine rings is 1. The van der Waals surface area contributed by atoms with Crippen LogP contribution >= 0.6 is 0 Å². The Morgan fingerprint density at radius 1 is 1.05 bits per heavy atom.